The molecule has 0 aliphatic heterocycles. The zero-order valence-electron chi connectivity index (χ0n) is 9.88. The van der Waals surface area contributed by atoms with Crippen LogP contribution in [0.3, 0.4) is 0 Å². The molecule has 84 valence electrons. The van der Waals surface area contributed by atoms with Crippen molar-refractivity contribution in [3.63, 3.8) is 0 Å². The Morgan fingerprint density at radius 1 is 1.12 bits per heavy atom. The fraction of sp³-hybridized carbons (Fsp3) is 0.214. The van der Waals surface area contributed by atoms with E-state index in [-0.39, 0.29) is 5.92 Å². The average Bonchev–Trinajstić information content (AvgIpc) is 2.39. The summed E-state index contributed by atoms with van der Waals surface area (Å²) in [4.78, 5) is 12.0. The predicted molar refractivity (Wildman–Crippen MR) is 67.0 cm³/mol. The Balaban J connectivity index is 2.27. The summed E-state index contributed by atoms with van der Waals surface area (Å²) in [5.74, 6) is 0.197. The molecule has 0 saturated carbocycles. The Labute approximate surface area is 101 Å². The van der Waals surface area contributed by atoms with E-state index in [0.29, 0.717) is 5.69 Å². The predicted octanol–water partition coefficient (Wildman–Crippen LogP) is 3.49. The molecule has 0 radical (unpaired) electrons. The molecule has 3 nitrogen and oxygen atoms in total. The van der Waals surface area contributed by atoms with Crippen LogP contribution in [0.4, 0.5) is 5.69 Å². The van der Waals surface area contributed by atoms with E-state index in [9.17, 15) is 0 Å². The highest BCUT2D eigenvalue weighted by atomic mass is 14.8. The highest BCUT2D eigenvalue weighted by molar-refractivity contribution is 5.46. The van der Waals surface area contributed by atoms with Crippen LogP contribution in [0.2, 0.25) is 0 Å². The minimum Gasteiger partial charge on any atom is -0.258 e. The molecule has 0 bridgehead atoms. The second-order valence-corrected chi connectivity index (χ2v) is 4.01. The van der Waals surface area contributed by atoms with Crippen LogP contribution < -0.4 is 0 Å². The fourth-order valence-electron chi connectivity index (χ4n) is 1.63. The smallest absolute Gasteiger partial charge is 0.187 e. The summed E-state index contributed by atoms with van der Waals surface area (Å²) in [5.41, 5.74) is 3.68. The quantitative estimate of drug-likeness (QED) is 0.729. The minimum atomic E-state index is 0.197. The van der Waals surface area contributed by atoms with Gasteiger partial charge in [-0.05, 0) is 12.5 Å². The van der Waals surface area contributed by atoms with Gasteiger partial charge in [-0.25, -0.2) is 4.85 Å². The largest absolute Gasteiger partial charge is 0.258 e. The van der Waals surface area contributed by atoms with Crippen molar-refractivity contribution in [2.45, 2.75) is 19.8 Å². The Kier molecular flexibility index (Phi) is 3.15. The zero-order chi connectivity index (χ0) is 12.3. The van der Waals surface area contributed by atoms with Gasteiger partial charge in [0.15, 0.2) is 5.69 Å². The summed E-state index contributed by atoms with van der Waals surface area (Å²) < 4.78 is 0. The lowest BCUT2D eigenvalue weighted by molar-refractivity contribution is 0.851. The van der Waals surface area contributed by atoms with Crippen LogP contribution in [-0.2, 0) is 0 Å². The number of hydrogen-bond acceptors (Lipinski definition) is 2. The van der Waals surface area contributed by atoms with Crippen LogP contribution >= 0.6 is 0 Å². The summed E-state index contributed by atoms with van der Waals surface area (Å²) in [6, 6.07) is 7.61. The van der Waals surface area contributed by atoms with Crippen molar-refractivity contribution in [1.82, 2.24) is 9.97 Å². The van der Waals surface area contributed by atoms with Gasteiger partial charge in [-0.1, -0.05) is 31.2 Å². The lowest BCUT2D eigenvalue weighted by Crippen LogP contribution is -2.00. The van der Waals surface area contributed by atoms with E-state index >= 15 is 0 Å². The van der Waals surface area contributed by atoms with Crippen molar-refractivity contribution in [3.8, 4) is 0 Å². The van der Waals surface area contributed by atoms with Gasteiger partial charge < -0.3 is 0 Å². The van der Waals surface area contributed by atoms with Gasteiger partial charge in [0, 0.05) is 18.3 Å². The summed E-state index contributed by atoms with van der Waals surface area (Å²) in [6.07, 6.45) is 3.59. The molecule has 1 heterocycles. The van der Waals surface area contributed by atoms with E-state index in [2.05, 4.69) is 21.7 Å². The van der Waals surface area contributed by atoms with Gasteiger partial charge >= 0.3 is 0 Å². The van der Waals surface area contributed by atoms with E-state index in [0.717, 1.165) is 17.0 Å². The third kappa shape index (κ3) is 2.48. The fourth-order valence-corrected chi connectivity index (χ4v) is 1.63. The second kappa shape index (κ2) is 4.75. The lowest BCUT2D eigenvalue weighted by atomic mass is 9.98. The van der Waals surface area contributed by atoms with Crippen LogP contribution in [0.1, 0.15) is 29.8 Å². The zero-order valence-corrected chi connectivity index (χ0v) is 9.88. The van der Waals surface area contributed by atoms with Gasteiger partial charge in [-0.15, -0.1) is 0 Å². The minimum absolute atomic E-state index is 0.197. The highest BCUT2D eigenvalue weighted by Gasteiger charge is 2.09. The van der Waals surface area contributed by atoms with Crippen molar-refractivity contribution in [1.29, 1.82) is 0 Å². The van der Waals surface area contributed by atoms with Crippen LogP contribution in [0.5, 0.6) is 0 Å². The number of nitrogens with zero attached hydrogens (tertiary/aromatic N) is 3. The monoisotopic (exact) mass is 223 g/mol. The van der Waals surface area contributed by atoms with Crippen LogP contribution in [0, 0.1) is 13.5 Å². The normalized spacial score (nSPS) is 11.8. The van der Waals surface area contributed by atoms with E-state index in [4.69, 9.17) is 6.57 Å². The molecule has 1 aromatic carbocycles. The maximum atomic E-state index is 6.91. The first-order valence-electron chi connectivity index (χ1n) is 5.46. The molecular formula is C14H13N3. The number of hydrogen-bond donors (Lipinski definition) is 0. The van der Waals surface area contributed by atoms with E-state index in [1.165, 1.54) is 0 Å². The lowest BCUT2D eigenvalue weighted by Gasteiger charge is -2.11. The molecule has 1 atom stereocenters. The summed E-state index contributed by atoms with van der Waals surface area (Å²) in [6.45, 7) is 10.9. The van der Waals surface area contributed by atoms with Crippen molar-refractivity contribution in [2.75, 3.05) is 0 Å². The maximum Gasteiger partial charge on any atom is 0.187 e. The van der Waals surface area contributed by atoms with Gasteiger partial charge in [-0.2, -0.15) is 0 Å². The average molecular weight is 223 g/mol. The van der Waals surface area contributed by atoms with Gasteiger partial charge in [0.05, 0.1) is 18.0 Å². The molecule has 17 heavy (non-hydrogen) atoms. The number of rotatable bonds is 2. The third-order valence-corrected chi connectivity index (χ3v) is 2.77. The van der Waals surface area contributed by atoms with Crippen LogP contribution in [0.25, 0.3) is 4.85 Å². The maximum absolute atomic E-state index is 6.91. The molecule has 0 N–H and O–H groups in total. The molecule has 0 amide bonds. The molecule has 0 saturated heterocycles. The molecule has 2 rings (SSSR count). The Bertz CT molecular complexity index is 535. The molecule has 1 aromatic heterocycles. The first-order chi connectivity index (χ1) is 8.20. The van der Waals surface area contributed by atoms with Crippen LogP contribution in [-0.4, -0.2) is 9.97 Å². The Morgan fingerprint density at radius 2 is 1.82 bits per heavy atom. The number of benzene rings is 1. The number of aromatic nitrogens is 2. The number of aryl methyl sites for hydroxylation is 1. The van der Waals surface area contributed by atoms with Gasteiger partial charge in [0.2, 0.25) is 0 Å². The molecule has 0 aliphatic rings. The van der Waals surface area contributed by atoms with Gasteiger partial charge in [0.1, 0.15) is 0 Å². The van der Waals surface area contributed by atoms with E-state index in [1.54, 1.807) is 6.20 Å². The first kappa shape index (κ1) is 11.3. The SMILES string of the molecule is [C-]#[N+]c1ccc(C(C)c2cnc(C)cn2)cc1. The molecule has 0 fully saturated rings. The van der Waals surface area contributed by atoms with E-state index in [1.807, 2.05) is 37.4 Å². The molecule has 3 heteroatoms. The van der Waals surface area contributed by atoms with Crippen molar-refractivity contribution >= 4 is 5.69 Å². The first-order valence-corrected chi connectivity index (χ1v) is 5.46. The van der Waals surface area contributed by atoms with Gasteiger partial charge in [0.25, 0.3) is 0 Å². The van der Waals surface area contributed by atoms with Crippen molar-refractivity contribution in [3.05, 3.63) is 65.0 Å². The van der Waals surface area contributed by atoms with Crippen molar-refractivity contribution < 1.29 is 0 Å². The highest BCUT2D eigenvalue weighted by Crippen LogP contribution is 2.24. The molecule has 1 unspecified atom stereocenters. The van der Waals surface area contributed by atoms with Gasteiger partial charge in [-0.3, -0.25) is 9.97 Å². The standard InChI is InChI=1S/C14H13N3/c1-10-8-17-14(9-16-10)11(2)12-4-6-13(15-3)7-5-12/h4-9,11H,1-2H3. The third-order valence-electron chi connectivity index (χ3n) is 2.77. The molecule has 2 aromatic rings. The van der Waals surface area contributed by atoms with Crippen molar-refractivity contribution in [2.24, 2.45) is 0 Å². The summed E-state index contributed by atoms with van der Waals surface area (Å²) in [7, 11) is 0. The Morgan fingerprint density at radius 3 is 2.35 bits per heavy atom. The topological polar surface area (TPSA) is 30.1 Å². The van der Waals surface area contributed by atoms with Crippen LogP contribution in [0.15, 0.2) is 36.7 Å². The molecular weight excluding hydrogens is 210 g/mol. The summed E-state index contributed by atoms with van der Waals surface area (Å²) >= 11 is 0. The molecule has 0 spiro atoms. The molecule has 0 aliphatic carbocycles. The van der Waals surface area contributed by atoms with E-state index < -0.39 is 0 Å². The summed E-state index contributed by atoms with van der Waals surface area (Å²) in [5, 5.41) is 0. The Hall–Kier alpha value is -2.21. The second-order valence-electron chi connectivity index (χ2n) is 4.01.